The second-order valence-corrected chi connectivity index (χ2v) is 8.24. The Bertz CT molecular complexity index is 1300. The lowest BCUT2D eigenvalue weighted by Crippen LogP contribution is -2.26. The molecule has 4 aromatic rings. The molecule has 3 aromatic heterocycles. The van der Waals surface area contributed by atoms with Gasteiger partial charge >= 0.3 is 0 Å². The minimum Gasteiger partial charge on any atom is -0.508 e. The van der Waals surface area contributed by atoms with Crippen LogP contribution in [-0.4, -0.2) is 35.6 Å². The van der Waals surface area contributed by atoms with Gasteiger partial charge in [-0.15, -0.1) is 0 Å². The first-order valence-electron chi connectivity index (χ1n) is 9.64. The highest BCUT2D eigenvalue weighted by molar-refractivity contribution is 5.94. The fraction of sp³-hybridized carbons (Fsp3) is 0.261. The van der Waals surface area contributed by atoms with Gasteiger partial charge in [-0.2, -0.15) is 10.4 Å². The number of phenols is 1. The normalized spacial score (nSPS) is 11.7. The van der Waals surface area contributed by atoms with Gasteiger partial charge in [0, 0.05) is 28.9 Å². The number of pyridine rings is 1. The van der Waals surface area contributed by atoms with E-state index in [-0.39, 0.29) is 5.75 Å². The molecule has 0 aliphatic heterocycles. The van der Waals surface area contributed by atoms with Gasteiger partial charge < -0.3 is 15.2 Å². The number of nitriles is 1. The zero-order valence-corrected chi connectivity index (χ0v) is 17.4. The van der Waals surface area contributed by atoms with Crippen LogP contribution in [0.15, 0.2) is 36.8 Å². The van der Waals surface area contributed by atoms with Crippen molar-refractivity contribution in [2.75, 3.05) is 0 Å². The third-order valence-corrected chi connectivity index (χ3v) is 5.18. The molecular weight excluding hydrogens is 378 g/mol. The first kappa shape index (κ1) is 19.7. The second-order valence-electron chi connectivity index (χ2n) is 8.24. The zero-order valence-electron chi connectivity index (χ0n) is 17.4. The largest absolute Gasteiger partial charge is 0.508 e. The van der Waals surface area contributed by atoms with Gasteiger partial charge in [-0.3, -0.25) is 4.68 Å². The van der Waals surface area contributed by atoms with Crippen molar-refractivity contribution in [1.82, 2.24) is 19.7 Å². The molecule has 3 N–H and O–H groups in total. The molecule has 0 amide bonds. The lowest BCUT2D eigenvalue weighted by atomic mass is 9.92. The van der Waals surface area contributed by atoms with E-state index in [1.54, 1.807) is 37.0 Å². The number of H-pyrrole nitrogens is 1. The highest BCUT2D eigenvalue weighted by Gasteiger charge is 2.19. The molecule has 0 saturated carbocycles. The van der Waals surface area contributed by atoms with Crippen LogP contribution in [0, 0.1) is 25.2 Å². The summed E-state index contributed by atoms with van der Waals surface area (Å²) in [5, 5.41) is 35.1. The molecule has 0 bridgehead atoms. The number of phenolic OH excluding ortho intramolecular Hbond substituents is 1. The highest BCUT2D eigenvalue weighted by atomic mass is 16.3. The second kappa shape index (κ2) is 7.01. The predicted molar refractivity (Wildman–Crippen MR) is 115 cm³/mol. The van der Waals surface area contributed by atoms with E-state index >= 15 is 0 Å². The van der Waals surface area contributed by atoms with Crippen LogP contribution in [0.5, 0.6) is 5.75 Å². The molecule has 0 spiro atoms. The van der Waals surface area contributed by atoms with E-state index in [1.165, 1.54) is 0 Å². The molecule has 0 fully saturated rings. The smallest absolute Gasteiger partial charge is 0.139 e. The van der Waals surface area contributed by atoms with Gasteiger partial charge in [0.05, 0.1) is 29.6 Å². The average Bonchev–Trinajstić information content (AvgIpc) is 3.30. The Morgan fingerprint density at radius 3 is 2.70 bits per heavy atom. The van der Waals surface area contributed by atoms with Crippen LogP contribution in [-0.2, 0) is 6.54 Å². The summed E-state index contributed by atoms with van der Waals surface area (Å²) in [6.45, 7) is 7.62. The molecule has 30 heavy (non-hydrogen) atoms. The van der Waals surface area contributed by atoms with Gasteiger partial charge in [-0.05, 0) is 56.5 Å². The monoisotopic (exact) mass is 401 g/mol. The number of aryl methyl sites for hydroxylation is 1. The number of fused-ring (bicyclic) bond motifs is 1. The third kappa shape index (κ3) is 3.42. The molecule has 0 saturated heterocycles. The summed E-state index contributed by atoms with van der Waals surface area (Å²) >= 11 is 0. The molecule has 0 aliphatic carbocycles. The Balaban J connectivity index is 1.84. The fourth-order valence-electron chi connectivity index (χ4n) is 3.78. The Labute approximate surface area is 174 Å². The molecule has 7 heteroatoms. The first-order chi connectivity index (χ1) is 14.2. The lowest BCUT2D eigenvalue weighted by Gasteiger charge is -2.16. The number of aliphatic hydroxyl groups is 1. The van der Waals surface area contributed by atoms with E-state index in [0.29, 0.717) is 28.7 Å². The number of aromatic nitrogens is 4. The van der Waals surface area contributed by atoms with Crippen LogP contribution in [0.25, 0.3) is 33.4 Å². The van der Waals surface area contributed by atoms with Gasteiger partial charge in [-0.1, -0.05) is 6.07 Å². The molecule has 1 aromatic carbocycles. The maximum absolute atomic E-state index is 10.2. The van der Waals surface area contributed by atoms with Crippen LogP contribution in [0.1, 0.15) is 30.5 Å². The lowest BCUT2D eigenvalue weighted by molar-refractivity contribution is 0.0577. The van der Waals surface area contributed by atoms with Gasteiger partial charge in [0.1, 0.15) is 17.5 Å². The molecular formula is C23H23N5O2. The summed E-state index contributed by atoms with van der Waals surface area (Å²) < 4.78 is 1.68. The van der Waals surface area contributed by atoms with Gasteiger partial charge in [0.2, 0.25) is 0 Å². The predicted octanol–water partition coefficient (Wildman–Crippen LogP) is 4.06. The van der Waals surface area contributed by atoms with Crippen LogP contribution < -0.4 is 0 Å². The van der Waals surface area contributed by atoms with Gasteiger partial charge in [-0.25, -0.2) is 4.98 Å². The number of aromatic hydroxyl groups is 1. The Hall–Kier alpha value is -3.63. The minimum absolute atomic E-state index is 0.188. The molecule has 0 radical (unpaired) electrons. The number of benzene rings is 1. The van der Waals surface area contributed by atoms with Crippen molar-refractivity contribution in [3.63, 3.8) is 0 Å². The van der Waals surface area contributed by atoms with Crippen LogP contribution in [0.3, 0.4) is 0 Å². The quantitative estimate of drug-likeness (QED) is 0.478. The number of hydrogen-bond donors (Lipinski definition) is 3. The van der Waals surface area contributed by atoms with Gasteiger partial charge in [0.15, 0.2) is 0 Å². The number of hydrogen-bond acceptors (Lipinski definition) is 5. The fourth-order valence-corrected chi connectivity index (χ4v) is 3.78. The standard InChI is InChI=1S/C23H23N5O2/c1-13-5-6-20(29)14(2)21(13)18-10-25-22-16(17(18)8-24)7-19(27-22)15-9-26-28(11-15)12-23(3,4)30/h5-7,9-11,29-30H,12H2,1-4H3,(H,25,27). The number of nitrogens with one attached hydrogen (secondary N) is 1. The Morgan fingerprint density at radius 2 is 2.00 bits per heavy atom. The molecule has 4 rings (SSSR count). The SMILES string of the molecule is Cc1ccc(O)c(C)c1-c1cnc2[nH]c(-c3cnn(CC(C)(C)O)c3)cc2c1C#N. The molecule has 7 nitrogen and oxygen atoms in total. The van der Waals surface area contributed by atoms with Crippen molar-refractivity contribution in [2.45, 2.75) is 39.8 Å². The molecule has 0 atom stereocenters. The average molecular weight is 401 g/mol. The summed E-state index contributed by atoms with van der Waals surface area (Å²) in [5.41, 5.74) is 5.07. The van der Waals surface area contributed by atoms with Crippen molar-refractivity contribution in [3.8, 4) is 34.2 Å². The van der Waals surface area contributed by atoms with Crippen LogP contribution in [0.4, 0.5) is 0 Å². The number of nitrogens with zero attached hydrogens (tertiary/aromatic N) is 4. The zero-order chi connectivity index (χ0) is 21.6. The van der Waals surface area contributed by atoms with Crippen molar-refractivity contribution in [2.24, 2.45) is 0 Å². The molecule has 3 heterocycles. The van der Waals surface area contributed by atoms with E-state index in [9.17, 15) is 15.5 Å². The molecule has 152 valence electrons. The third-order valence-electron chi connectivity index (χ3n) is 5.18. The summed E-state index contributed by atoms with van der Waals surface area (Å²) in [5.74, 6) is 0.188. The van der Waals surface area contributed by atoms with Gasteiger partial charge in [0.25, 0.3) is 0 Å². The van der Waals surface area contributed by atoms with Crippen LogP contribution >= 0.6 is 0 Å². The van der Waals surface area contributed by atoms with Crippen molar-refractivity contribution >= 4 is 11.0 Å². The van der Waals surface area contributed by atoms with E-state index < -0.39 is 5.60 Å². The van der Waals surface area contributed by atoms with Crippen molar-refractivity contribution in [1.29, 1.82) is 5.26 Å². The summed E-state index contributed by atoms with van der Waals surface area (Å²) in [6.07, 6.45) is 5.24. The van der Waals surface area contributed by atoms with E-state index in [0.717, 1.165) is 27.9 Å². The van der Waals surface area contributed by atoms with Crippen LogP contribution in [0.2, 0.25) is 0 Å². The Morgan fingerprint density at radius 1 is 1.23 bits per heavy atom. The van der Waals surface area contributed by atoms with Crippen molar-refractivity contribution in [3.05, 3.63) is 53.5 Å². The van der Waals surface area contributed by atoms with E-state index in [2.05, 4.69) is 21.1 Å². The van der Waals surface area contributed by atoms with Crippen molar-refractivity contribution < 1.29 is 10.2 Å². The summed E-state index contributed by atoms with van der Waals surface area (Å²) in [6, 6.07) is 7.70. The van der Waals surface area contributed by atoms with E-state index in [1.807, 2.05) is 32.2 Å². The molecule has 0 unspecified atom stereocenters. The topological polar surface area (TPSA) is 111 Å². The summed E-state index contributed by atoms with van der Waals surface area (Å²) in [7, 11) is 0. The first-order valence-corrected chi connectivity index (χ1v) is 9.64. The highest BCUT2D eigenvalue weighted by Crippen LogP contribution is 2.37. The number of aromatic amines is 1. The molecule has 0 aliphatic rings. The maximum atomic E-state index is 10.2. The maximum Gasteiger partial charge on any atom is 0.139 e. The number of rotatable bonds is 4. The van der Waals surface area contributed by atoms with E-state index in [4.69, 9.17) is 0 Å². The Kier molecular flexibility index (Phi) is 4.60. The summed E-state index contributed by atoms with van der Waals surface area (Å²) in [4.78, 5) is 7.79. The minimum atomic E-state index is -0.870.